The lowest BCUT2D eigenvalue weighted by atomic mass is 9.84. The van der Waals surface area contributed by atoms with E-state index in [1.807, 2.05) is 23.1 Å². The average molecular weight is 517 g/mol. The molecule has 8 nitrogen and oxygen atoms in total. The summed E-state index contributed by atoms with van der Waals surface area (Å²) in [6, 6.07) is 7.35. The van der Waals surface area contributed by atoms with Crippen LogP contribution in [0.2, 0.25) is 0 Å². The number of carbonyl (C=O) groups is 2. The summed E-state index contributed by atoms with van der Waals surface area (Å²) in [7, 11) is 1.73. The number of ether oxygens (including phenoxy) is 2. The third kappa shape index (κ3) is 5.79. The molecule has 0 aliphatic carbocycles. The van der Waals surface area contributed by atoms with Gasteiger partial charge in [0.15, 0.2) is 0 Å². The molecule has 10 heteroatoms. The first-order chi connectivity index (χ1) is 15.3. The summed E-state index contributed by atoms with van der Waals surface area (Å²) in [5.74, 6) is 0.709. The van der Waals surface area contributed by atoms with Crippen molar-refractivity contribution < 1.29 is 19.1 Å². The number of rotatable bonds is 6. The van der Waals surface area contributed by atoms with Gasteiger partial charge in [-0.3, -0.25) is 9.59 Å². The van der Waals surface area contributed by atoms with Crippen LogP contribution >= 0.6 is 24.8 Å². The first-order valence-corrected chi connectivity index (χ1v) is 11.7. The molecule has 1 aromatic carbocycles. The number of carbonyl (C=O) groups excluding carboxylic acids is 2. The van der Waals surface area contributed by atoms with Gasteiger partial charge in [0.05, 0.1) is 25.3 Å². The molecule has 5 atom stereocenters. The average Bonchev–Trinajstić information content (AvgIpc) is 2.95. The Kier molecular flexibility index (Phi) is 10.0. The minimum absolute atomic E-state index is 0. The molecule has 0 bridgehead atoms. The molecule has 1 aromatic rings. The van der Waals surface area contributed by atoms with Gasteiger partial charge in [-0.15, -0.1) is 24.8 Å². The molecular weight excluding hydrogens is 479 g/mol. The maximum absolute atomic E-state index is 13.6. The van der Waals surface area contributed by atoms with E-state index in [0.29, 0.717) is 26.2 Å². The molecular formula is C24H38Cl2N4O4. The van der Waals surface area contributed by atoms with Crippen molar-refractivity contribution in [2.45, 2.75) is 70.4 Å². The number of nitrogens with zero attached hydrogens (tertiary/aromatic N) is 1. The lowest BCUT2D eigenvalue weighted by Crippen LogP contribution is -2.56. The van der Waals surface area contributed by atoms with Crippen molar-refractivity contribution in [2.75, 3.05) is 26.8 Å². The van der Waals surface area contributed by atoms with Gasteiger partial charge in [-0.2, -0.15) is 0 Å². The normalized spacial score (nSPS) is 28.2. The Labute approximate surface area is 214 Å². The second-order valence-electron chi connectivity index (χ2n) is 9.78. The number of hydrogen-bond acceptors (Lipinski definition) is 6. The van der Waals surface area contributed by atoms with Gasteiger partial charge in [-0.25, -0.2) is 0 Å². The van der Waals surface area contributed by atoms with Crippen molar-refractivity contribution in [3.63, 3.8) is 0 Å². The molecule has 192 valence electrons. The first-order valence-electron chi connectivity index (χ1n) is 11.7. The van der Waals surface area contributed by atoms with E-state index in [4.69, 9.17) is 9.47 Å². The largest absolute Gasteiger partial charge is 0.493 e. The Morgan fingerprint density at radius 2 is 1.88 bits per heavy atom. The van der Waals surface area contributed by atoms with Gasteiger partial charge in [-0.05, 0) is 31.9 Å². The molecule has 0 radical (unpaired) electrons. The Morgan fingerprint density at radius 1 is 1.18 bits per heavy atom. The van der Waals surface area contributed by atoms with Crippen LogP contribution in [0.4, 0.5) is 0 Å². The summed E-state index contributed by atoms with van der Waals surface area (Å²) in [6.07, 6.45) is 1.90. The molecule has 2 fully saturated rings. The number of likely N-dealkylation sites (N-methyl/N-ethyl adjacent to an activating group) is 1. The standard InChI is InChI=1S/C24H36N4O4.2ClH/c1-15(25-4)22(29)27-18-10-12-32-21-13-24(2,3)20(28(21)23(18)30)14-26-17-9-11-31-19-8-6-5-7-16(17)19;;/h5-8,15,17-18,20-21,25-26H,9-14H2,1-4H3,(H,27,29);2*1H/t15?,17?,18-,20+,21-;;/m0../s1. The Balaban J connectivity index is 0.00000204. The molecule has 3 aliphatic rings. The molecule has 3 aliphatic heterocycles. The van der Waals surface area contributed by atoms with E-state index >= 15 is 0 Å². The number of benzene rings is 1. The SMILES string of the molecule is CNC(C)C(=O)N[C@H]1CCO[C@H]2CC(C)(C)[C@@H](CNC3CCOc4ccccc43)N2C1=O.Cl.Cl. The molecule has 34 heavy (non-hydrogen) atoms. The predicted molar refractivity (Wildman–Crippen MR) is 136 cm³/mol. The summed E-state index contributed by atoms with van der Waals surface area (Å²) in [5, 5.41) is 9.56. The van der Waals surface area contributed by atoms with Crippen LogP contribution in [0, 0.1) is 5.41 Å². The maximum atomic E-state index is 13.6. The van der Waals surface area contributed by atoms with Crippen LogP contribution in [0.25, 0.3) is 0 Å². The zero-order valence-corrected chi connectivity index (χ0v) is 22.0. The quantitative estimate of drug-likeness (QED) is 0.537. The first kappa shape index (κ1) is 28.7. The van der Waals surface area contributed by atoms with Crippen LogP contribution < -0.4 is 20.7 Å². The molecule has 3 heterocycles. The van der Waals surface area contributed by atoms with Crippen molar-refractivity contribution in [3.8, 4) is 5.75 Å². The summed E-state index contributed by atoms with van der Waals surface area (Å²) in [6.45, 7) is 7.96. The van der Waals surface area contributed by atoms with Crippen LogP contribution in [-0.4, -0.2) is 67.9 Å². The van der Waals surface area contributed by atoms with Crippen LogP contribution in [0.1, 0.15) is 51.6 Å². The number of amides is 2. The fraction of sp³-hybridized carbons (Fsp3) is 0.667. The molecule has 4 rings (SSSR count). The second-order valence-corrected chi connectivity index (χ2v) is 9.78. The minimum Gasteiger partial charge on any atom is -0.493 e. The monoisotopic (exact) mass is 516 g/mol. The molecule has 0 spiro atoms. The predicted octanol–water partition coefficient (Wildman–Crippen LogP) is 2.41. The number of para-hydroxylation sites is 1. The van der Waals surface area contributed by atoms with Gasteiger partial charge in [0.25, 0.3) is 0 Å². The zero-order chi connectivity index (χ0) is 22.9. The summed E-state index contributed by atoms with van der Waals surface area (Å²) < 4.78 is 11.9. The number of nitrogens with one attached hydrogen (secondary N) is 3. The van der Waals surface area contributed by atoms with Crippen LogP contribution in [0.5, 0.6) is 5.75 Å². The van der Waals surface area contributed by atoms with Gasteiger partial charge in [0, 0.05) is 31.0 Å². The van der Waals surface area contributed by atoms with Crippen molar-refractivity contribution >= 4 is 36.6 Å². The van der Waals surface area contributed by atoms with Gasteiger partial charge < -0.3 is 30.3 Å². The van der Waals surface area contributed by atoms with Crippen LogP contribution in [-0.2, 0) is 14.3 Å². The Bertz CT molecular complexity index is 856. The lowest BCUT2D eigenvalue weighted by molar-refractivity contribution is -0.144. The fourth-order valence-corrected chi connectivity index (χ4v) is 5.07. The minimum atomic E-state index is -0.566. The van der Waals surface area contributed by atoms with Gasteiger partial charge in [-0.1, -0.05) is 32.0 Å². The van der Waals surface area contributed by atoms with E-state index in [9.17, 15) is 9.59 Å². The highest BCUT2D eigenvalue weighted by molar-refractivity contribution is 5.90. The molecule has 3 N–H and O–H groups in total. The lowest BCUT2D eigenvalue weighted by Gasteiger charge is -2.36. The highest BCUT2D eigenvalue weighted by Crippen LogP contribution is 2.42. The number of fused-ring (bicyclic) bond motifs is 2. The molecule has 2 amide bonds. The highest BCUT2D eigenvalue weighted by atomic mass is 35.5. The van der Waals surface area contributed by atoms with Crippen LogP contribution in [0.3, 0.4) is 0 Å². The number of hydrogen-bond donors (Lipinski definition) is 3. The van der Waals surface area contributed by atoms with Gasteiger partial charge >= 0.3 is 0 Å². The maximum Gasteiger partial charge on any atom is 0.247 e. The van der Waals surface area contributed by atoms with E-state index in [0.717, 1.165) is 24.2 Å². The Morgan fingerprint density at radius 3 is 2.62 bits per heavy atom. The third-order valence-electron chi connectivity index (χ3n) is 7.18. The van der Waals surface area contributed by atoms with Gasteiger partial charge in [0.1, 0.15) is 18.0 Å². The summed E-state index contributed by atoms with van der Waals surface area (Å²) in [5.41, 5.74) is 1.05. The molecule has 0 saturated carbocycles. The Hall–Kier alpha value is -1.58. The topological polar surface area (TPSA) is 91.9 Å². The van der Waals surface area contributed by atoms with Crippen molar-refractivity contribution in [3.05, 3.63) is 29.8 Å². The smallest absolute Gasteiger partial charge is 0.247 e. The second kappa shape index (κ2) is 11.9. The van der Waals surface area contributed by atoms with Crippen molar-refractivity contribution in [1.82, 2.24) is 20.9 Å². The summed E-state index contributed by atoms with van der Waals surface area (Å²) in [4.78, 5) is 27.9. The van der Waals surface area contributed by atoms with E-state index in [2.05, 4.69) is 35.9 Å². The highest BCUT2D eigenvalue weighted by Gasteiger charge is 2.51. The van der Waals surface area contributed by atoms with E-state index in [1.54, 1.807) is 14.0 Å². The molecule has 2 saturated heterocycles. The van der Waals surface area contributed by atoms with Crippen LogP contribution in [0.15, 0.2) is 24.3 Å². The number of halogens is 2. The van der Waals surface area contributed by atoms with E-state index in [-0.39, 0.29) is 66.4 Å². The van der Waals surface area contributed by atoms with E-state index < -0.39 is 6.04 Å². The van der Waals surface area contributed by atoms with Gasteiger partial charge in [0.2, 0.25) is 11.8 Å². The third-order valence-corrected chi connectivity index (χ3v) is 7.18. The van der Waals surface area contributed by atoms with Crippen molar-refractivity contribution in [2.24, 2.45) is 5.41 Å². The summed E-state index contributed by atoms with van der Waals surface area (Å²) >= 11 is 0. The molecule has 2 unspecified atom stereocenters. The van der Waals surface area contributed by atoms with Crippen molar-refractivity contribution in [1.29, 1.82) is 0 Å². The molecule has 0 aromatic heterocycles. The van der Waals surface area contributed by atoms with E-state index in [1.165, 1.54) is 0 Å². The fourth-order valence-electron chi connectivity index (χ4n) is 5.07. The zero-order valence-electron chi connectivity index (χ0n) is 20.3.